The molecule has 0 radical (unpaired) electrons. The van der Waals surface area contributed by atoms with Crippen LogP contribution in [0.2, 0.25) is 0 Å². The van der Waals surface area contributed by atoms with Gasteiger partial charge in [0, 0.05) is 51.7 Å². The number of nitrogens with zero attached hydrogens (tertiary/aromatic N) is 2. The molecule has 0 unspecified atom stereocenters. The molecule has 1 saturated heterocycles. The predicted molar refractivity (Wildman–Crippen MR) is 187 cm³/mol. The summed E-state index contributed by atoms with van der Waals surface area (Å²) in [7, 11) is -0.339. The highest BCUT2D eigenvalue weighted by molar-refractivity contribution is 9.09. The van der Waals surface area contributed by atoms with E-state index in [1.165, 1.54) is 0 Å². The summed E-state index contributed by atoms with van der Waals surface area (Å²) in [6, 6.07) is 21.7. The lowest BCUT2D eigenvalue weighted by Gasteiger charge is -2.43. The molecule has 3 aromatic rings. The Balaban J connectivity index is 1.39. The Morgan fingerprint density at radius 1 is 0.894 bits per heavy atom. The molecule has 0 amide bonds. The van der Waals surface area contributed by atoms with Gasteiger partial charge in [-0.05, 0) is 60.2 Å². The number of anilines is 1. The lowest BCUT2D eigenvalue weighted by molar-refractivity contribution is -0.0219. The molecule has 5 rings (SSSR count). The van der Waals surface area contributed by atoms with Gasteiger partial charge in [-0.3, -0.25) is 0 Å². The second-order valence-corrected chi connectivity index (χ2v) is 14.8. The van der Waals surface area contributed by atoms with Crippen LogP contribution in [0.25, 0.3) is 0 Å². The van der Waals surface area contributed by atoms with Gasteiger partial charge in [-0.1, -0.05) is 64.0 Å². The molecule has 3 aromatic carbocycles. The lowest BCUT2D eigenvalue weighted by atomic mass is 9.80. The average molecular weight is 732 g/mol. The first kappa shape index (κ1) is 35.8. The third-order valence-electron chi connectivity index (χ3n) is 8.88. The molecule has 0 N–H and O–H groups in total. The Morgan fingerprint density at radius 2 is 1.64 bits per heavy atom. The SMILES string of the molecule is COCCCN1CCOc2ccc(CO[C@H]3CN(S(=O)(=O)c4ccc(C)cc4)C[C@@H](CBr)[C@@H]3c3ccc(COCCOC)cc3)cc21. The molecule has 0 spiro atoms. The minimum Gasteiger partial charge on any atom is -0.490 e. The molecule has 9 nitrogen and oxygen atoms in total. The molecule has 2 heterocycles. The van der Waals surface area contributed by atoms with Crippen molar-refractivity contribution in [1.82, 2.24) is 4.31 Å². The molecular formula is C36H47BrN2O7S. The van der Waals surface area contributed by atoms with Crippen LogP contribution < -0.4 is 9.64 Å². The summed E-state index contributed by atoms with van der Waals surface area (Å²) >= 11 is 3.73. The molecular weight excluding hydrogens is 684 g/mol. The Hall–Kier alpha value is -2.51. The van der Waals surface area contributed by atoms with E-state index in [1.54, 1.807) is 30.7 Å². The van der Waals surface area contributed by atoms with E-state index < -0.39 is 10.0 Å². The van der Waals surface area contributed by atoms with Gasteiger partial charge in [0.2, 0.25) is 10.0 Å². The predicted octanol–water partition coefficient (Wildman–Crippen LogP) is 5.78. The fourth-order valence-electron chi connectivity index (χ4n) is 6.32. The van der Waals surface area contributed by atoms with E-state index in [4.69, 9.17) is 23.7 Å². The maximum Gasteiger partial charge on any atom is 0.243 e. The number of benzene rings is 3. The monoisotopic (exact) mass is 730 g/mol. The zero-order valence-corrected chi connectivity index (χ0v) is 30.0. The summed E-state index contributed by atoms with van der Waals surface area (Å²) < 4.78 is 58.2. The number of halogens is 1. The van der Waals surface area contributed by atoms with Crippen molar-refractivity contribution in [3.63, 3.8) is 0 Å². The first-order valence-electron chi connectivity index (χ1n) is 16.2. The van der Waals surface area contributed by atoms with Crippen LogP contribution in [0.5, 0.6) is 5.75 Å². The van der Waals surface area contributed by atoms with Gasteiger partial charge in [0.15, 0.2) is 0 Å². The number of aryl methyl sites for hydroxylation is 1. The molecule has 47 heavy (non-hydrogen) atoms. The summed E-state index contributed by atoms with van der Waals surface area (Å²) in [5.74, 6) is 0.841. The van der Waals surface area contributed by atoms with Crippen LogP contribution >= 0.6 is 15.9 Å². The molecule has 256 valence electrons. The van der Waals surface area contributed by atoms with Gasteiger partial charge < -0.3 is 28.6 Å². The second-order valence-electron chi connectivity index (χ2n) is 12.2. The number of methoxy groups -OCH3 is 2. The summed E-state index contributed by atoms with van der Waals surface area (Å²) in [6.45, 7) is 7.59. The highest BCUT2D eigenvalue weighted by atomic mass is 79.9. The Bertz CT molecular complexity index is 1520. The number of sulfonamides is 1. The van der Waals surface area contributed by atoms with E-state index in [2.05, 4.69) is 51.2 Å². The topological polar surface area (TPSA) is 86.8 Å². The first-order chi connectivity index (χ1) is 22.8. The minimum atomic E-state index is -3.72. The lowest BCUT2D eigenvalue weighted by Crippen LogP contribution is -2.51. The van der Waals surface area contributed by atoms with E-state index in [9.17, 15) is 8.42 Å². The van der Waals surface area contributed by atoms with E-state index in [-0.39, 0.29) is 24.5 Å². The van der Waals surface area contributed by atoms with Gasteiger partial charge >= 0.3 is 0 Å². The van der Waals surface area contributed by atoms with Crippen LogP contribution in [0.1, 0.15) is 34.6 Å². The van der Waals surface area contributed by atoms with Crippen molar-refractivity contribution in [3.05, 3.63) is 89.0 Å². The van der Waals surface area contributed by atoms with Gasteiger partial charge in [0.05, 0.1) is 49.7 Å². The van der Waals surface area contributed by atoms with Gasteiger partial charge in [-0.25, -0.2) is 8.42 Å². The van der Waals surface area contributed by atoms with Gasteiger partial charge in [0.25, 0.3) is 0 Å². The summed E-state index contributed by atoms with van der Waals surface area (Å²) in [5, 5.41) is 0.631. The molecule has 0 saturated carbocycles. The molecule has 0 aromatic heterocycles. The standard InChI is InChI=1S/C36H47BrN2O7S/c1-27-5-12-32(13-6-27)47(40,41)39-23-31(22-37)36(30-10-7-28(8-11-30)25-44-20-19-43-3)35(24-39)46-26-29-9-14-34-33(21-29)38(16-18-45-34)15-4-17-42-2/h5-14,21,31,35-36H,4,15-20,22-26H2,1-3H3/t31-,35+,36+/m1/s1. The van der Waals surface area contributed by atoms with Crippen LogP contribution in [-0.4, -0.2) is 91.0 Å². The number of ether oxygens (including phenoxy) is 5. The Kier molecular flexibility index (Phi) is 13.1. The number of hydrogen-bond donors (Lipinski definition) is 0. The quantitative estimate of drug-likeness (QED) is 0.136. The molecule has 2 aliphatic heterocycles. The van der Waals surface area contributed by atoms with Crippen LogP contribution in [0.4, 0.5) is 5.69 Å². The number of piperidine rings is 1. The zero-order valence-electron chi connectivity index (χ0n) is 27.6. The number of fused-ring (bicyclic) bond motifs is 1. The van der Waals surface area contributed by atoms with Crippen molar-refractivity contribution in [2.75, 3.05) is 77.1 Å². The normalized spacial score (nSPS) is 20.2. The third kappa shape index (κ3) is 9.14. The molecule has 11 heteroatoms. The summed E-state index contributed by atoms with van der Waals surface area (Å²) in [6.07, 6.45) is 0.554. The molecule has 2 aliphatic rings. The van der Waals surface area contributed by atoms with Crippen LogP contribution in [0.3, 0.4) is 0 Å². The highest BCUT2D eigenvalue weighted by Gasteiger charge is 2.42. The van der Waals surface area contributed by atoms with Crippen LogP contribution in [0.15, 0.2) is 71.6 Å². The Labute approximate surface area is 288 Å². The average Bonchev–Trinajstić information content (AvgIpc) is 3.09. The fraction of sp³-hybridized carbons (Fsp3) is 0.500. The molecule has 0 bridgehead atoms. The van der Waals surface area contributed by atoms with Gasteiger partial charge in [0.1, 0.15) is 12.4 Å². The largest absolute Gasteiger partial charge is 0.490 e. The second kappa shape index (κ2) is 17.2. The number of alkyl halides is 1. The Morgan fingerprint density at radius 3 is 2.36 bits per heavy atom. The van der Waals surface area contributed by atoms with Crippen molar-refractivity contribution in [3.8, 4) is 5.75 Å². The summed E-state index contributed by atoms with van der Waals surface area (Å²) in [4.78, 5) is 2.64. The number of rotatable bonds is 16. The van der Waals surface area contributed by atoms with Crippen molar-refractivity contribution in [2.24, 2.45) is 5.92 Å². The highest BCUT2D eigenvalue weighted by Crippen LogP contribution is 2.39. The van der Waals surface area contributed by atoms with E-state index in [1.807, 2.05) is 31.2 Å². The minimum absolute atomic E-state index is 0.00835. The van der Waals surface area contributed by atoms with E-state index in [0.29, 0.717) is 56.4 Å². The van der Waals surface area contributed by atoms with Crippen molar-refractivity contribution in [1.29, 1.82) is 0 Å². The van der Waals surface area contributed by atoms with Gasteiger partial charge in [-0.2, -0.15) is 4.31 Å². The maximum atomic E-state index is 13.9. The van der Waals surface area contributed by atoms with E-state index >= 15 is 0 Å². The summed E-state index contributed by atoms with van der Waals surface area (Å²) in [5.41, 5.74) is 5.28. The first-order valence-corrected chi connectivity index (χ1v) is 18.8. The third-order valence-corrected chi connectivity index (χ3v) is 11.6. The molecule has 3 atom stereocenters. The zero-order chi connectivity index (χ0) is 33.2. The van der Waals surface area contributed by atoms with Crippen molar-refractivity contribution >= 4 is 31.6 Å². The van der Waals surface area contributed by atoms with Gasteiger partial charge in [-0.15, -0.1) is 0 Å². The van der Waals surface area contributed by atoms with Crippen molar-refractivity contribution < 1.29 is 32.1 Å². The maximum absolute atomic E-state index is 13.9. The smallest absolute Gasteiger partial charge is 0.243 e. The van der Waals surface area contributed by atoms with Crippen LogP contribution in [-0.2, 0) is 42.2 Å². The number of hydrogen-bond acceptors (Lipinski definition) is 8. The fourth-order valence-corrected chi connectivity index (χ4v) is 8.44. The van der Waals surface area contributed by atoms with Crippen LogP contribution in [0, 0.1) is 12.8 Å². The van der Waals surface area contributed by atoms with E-state index in [0.717, 1.165) is 53.2 Å². The molecule has 1 fully saturated rings. The van der Waals surface area contributed by atoms with Crippen molar-refractivity contribution in [2.45, 2.75) is 43.5 Å². The molecule has 0 aliphatic carbocycles.